The molecule has 2 nitrogen and oxygen atoms in total. The van der Waals surface area contributed by atoms with Crippen LogP contribution in [0.5, 0.6) is 0 Å². The van der Waals surface area contributed by atoms with E-state index in [9.17, 15) is 0 Å². The Bertz CT molecular complexity index is 152. The van der Waals surface area contributed by atoms with E-state index >= 15 is 0 Å². The van der Waals surface area contributed by atoms with Gasteiger partial charge in [0.2, 0.25) is 0 Å². The molecule has 84 valence electrons. The lowest BCUT2D eigenvalue weighted by Crippen LogP contribution is -2.40. The SMILES string of the molecule is CNCC1CCN(CC(C)(C)C)CC1. The van der Waals surface area contributed by atoms with Gasteiger partial charge in [0.15, 0.2) is 0 Å². The fraction of sp³-hybridized carbons (Fsp3) is 1.00. The molecule has 14 heavy (non-hydrogen) atoms. The first-order valence-corrected chi connectivity index (χ1v) is 5.88. The monoisotopic (exact) mass is 198 g/mol. The lowest BCUT2D eigenvalue weighted by atomic mass is 9.92. The van der Waals surface area contributed by atoms with Crippen molar-refractivity contribution in [2.45, 2.75) is 33.6 Å². The average Bonchev–Trinajstić information content (AvgIpc) is 2.06. The van der Waals surface area contributed by atoms with E-state index in [2.05, 4.69) is 38.0 Å². The molecular formula is C12H26N2. The van der Waals surface area contributed by atoms with Crippen molar-refractivity contribution in [3.05, 3.63) is 0 Å². The van der Waals surface area contributed by atoms with Crippen molar-refractivity contribution in [2.24, 2.45) is 11.3 Å². The van der Waals surface area contributed by atoms with Crippen LogP contribution in [-0.2, 0) is 0 Å². The van der Waals surface area contributed by atoms with Crippen molar-refractivity contribution in [1.29, 1.82) is 0 Å². The molecule has 1 fully saturated rings. The molecule has 1 rings (SSSR count). The minimum atomic E-state index is 0.454. The number of rotatable bonds is 3. The van der Waals surface area contributed by atoms with Gasteiger partial charge in [0, 0.05) is 6.54 Å². The molecule has 0 aliphatic carbocycles. The van der Waals surface area contributed by atoms with Crippen molar-refractivity contribution in [1.82, 2.24) is 10.2 Å². The van der Waals surface area contributed by atoms with Crippen molar-refractivity contribution in [3.63, 3.8) is 0 Å². The van der Waals surface area contributed by atoms with Crippen LogP contribution in [0.15, 0.2) is 0 Å². The number of piperidine rings is 1. The standard InChI is InChI=1S/C12H26N2/c1-12(2,3)10-14-7-5-11(6-8-14)9-13-4/h11,13H,5-10H2,1-4H3. The molecule has 0 aromatic rings. The van der Waals surface area contributed by atoms with Crippen LogP contribution in [0.1, 0.15) is 33.6 Å². The van der Waals surface area contributed by atoms with Crippen LogP contribution >= 0.6 is 0 Å². The third-order valence-electron chi connectivity index (χ3n) is 2.90. The van der Waals surface area contributed by atoms with E-state index in [0.29, 0.717) is 5.41 Å². The molecule has 1 saturated heterocycles. The van der Waals surface area contributed by atoms with Crippen LogP contribution in [0.2, 0.25) is 0 Å². The number of likely N-dealkylation sites (tertiary alicyclic amines) is 1. The molecule has 1 aliphatic heterocycles. The summed E-state index contributed by atoms with van der Waals surface area (Å²) in [6.45, 7) is 12.0. The first-order valence-electron chi connectivity index (χ1n) is 5.88. The summed E-state index contributed by atoms with van der Waals surface area (Å²) in [6.07, 6.45) is 2.74. The minimum absolute atomic E-state index is 0.454. The first kappa shape index (κ1) is 12.0. The number of nitrogens with zero attached hydrogens (tertiary/aromatic N) is 1. The molecule has 1 aliphatic rings. The summed E-state index contributed by atoms with van der Waals surface area (Å²) in [5, 5.41) is 3.28. The lowest BCUT2D eigenvalue weighted by Gasteiger charge is -2.35. The van der Waals surface area contributed by atoms with E-state index in [4.69, 9.17) is 0 Å². The Balaban J connectivity index is 2.22. The van der Waals surface area contributed by atoms with Crippen molar-refractivity contribution < 1.29 is 0 Å². The topological polar surface area (TPSA) is 15.3 Å². The summed E-state index contributed by atoms with van der Waals surface area (Å²) in [5.74, 6) is 0.913. The van der Waals surface area contributed by atoms with Crippen molar-refractivity contribution >= 4 is 0 Å². The van der Waals surface area contributed by atoms with Gasteiger partial charge in [0.25, 0.3) is 0 Å². The van der Waals surface area contributed by atoms with Crippen LogP contribution < -0.4 is 5.32 Å². The molecule has 0 aromatic heterocycles. The zero-order chi connectivity index (χ0) is 10.6. The van der Waals surface area contributed by atoms with E-state index in [0.717, 1.165) is 5.92 Å². The smallest absolute Gasteiger partial charge is 0.00300 e. The highest BCUT2D eigenvalue weighted by atomic mass is 15.1. The lowest BCUT2D eigenvalue weighted by molar-refractivity contribution is 0.136. The molecule has 0 radical (unpaired) electrons. The largest absolute Gasteiger partial charge is 0.319 e. The van der Waals surface area contributed by atoms with E-state index in [1.807, 2.05) is 0 Å². The summed E-state index contributed by atoms with van der Waals surface area (Å²) < 4.78 is 0. The fourth-order valence-corrected chi connectivity index (χ4v) is 2.31. The summed E-state index contributed by atoms with van der Waals surface area (Å²) in [4.78, 5) is 2.62. The van der Waals surface area contributed by atoms with E-state index in [1.54, 1.807) is 0 Å². The summed E-state index contributed by atoms with van der Waals surface area (Å²) in [5.41, 5.74) is 0.454. The second kappa shape index (κ2) is 5.13. The van der Waals surface area contributed by atoms with Gasteiger partial charge in [-0.05, 0) is 50.9 Å². The van der Waals surface area contributed by atoms with E-state index < -0.39 is 0 Å². The van der Waals surface area contributed by atoms with Crippen LogP contribution in [-0.4, -0.2) is 38.1 Å². The molecular weight excluding hydrogens is 172 g/mol. The normalized spacial score (nSPS) is 21.4. The Labute approximate surface area is 89.1 Å². The van der Waals surface area contributed by atoms with Gasteiger partial charge in [-0.25, -0.2) is 0 Å². The number of hydrogen-bond donors (Lipinski definition) is 1. The summed E-state index contributed by atoms with van der Waals surface area (Å²) in [6, 6.07) is 0. The predicted molar refractivity (Wildman–Crippen MR) is 62.5 cm³/mol. The molecule has 0 bridgehead atoms. The van der Waals surface area contributed by atoms with E-state index in [1.165, 1.54) is 39.0 Å². The highest BCUT2D eigenvalue weighted by Gasteiger charge is 2.22. The molecule has 0 saturated carbocycles. The summed E-state index contributed by atoms with van der Waals surface area (Å²) in [7, 11) is 2.06. The highest BCUT2D eigenvalue weighted by molar-refractivity contribution is 4.76. The maximum Gasteiger partial charge on any atom is 0.00300 e. The molecule has 0 aromatic carbocycles. The Morgan fingerprint density at radius 1 is 1.21 bits per heavy atom. The van der Waals surface area contributed by atoms with Crippen molar-refractivity contribution in [2.75, 3.05) is 33.2 Å². The molecule has 2 heteroatoms. The van der Waals surface area contributed by atoms with Gasteiger partial charge in [-0.2, -0.15) is 0 Å². The Morgan fingerprint density at radius 3 is 2.21 bits per heavy atom. The molecule has 0 atom stereocenters. The zero-order valence-electron chi connectivity index (χ0n) is 10.3. The van der Waals surface area contributed by atoms with Gasteiger partial charge in [-0.15, -0.1) is 0 Å². The molecule has 0 unspecified atom stereocenters. The second-order valence-corrected chi connectivity index (χ2v) is 5.84. The molecule has 0 amide bonds. The molecule has 1 heterocycles. The quantitative estimate of drug-likeness (QED) is 0.746. The van der Waals surface area contributed by atoms with Crippen LogP contribution in [0, 0.1) is 11.3 Å². The van der Waals surface area contributed by atoms with Gasteiger partial charge in [0.05, 0.1) is 0 Å². The average molecular weight is 198 g/mol. The van der Waals surface area contributed by atoms with Gasteiger partial charge >= 0.3 is 0 Å². The van der Waals surface area contributed by atoms with Crippen LogP contribution in [0.4, 0.5) is 0 Å². The first-order chi connectivity index (χ1) is 6.51. The van der Waals surface area contributed by atoms with Crippen molar-refractivity contribution in [3.8, 4) is 0 Å². The van der Waals surface area contributed by atoms with Gasteiger partial charge < -0.3 is 10.2 Å². The molecule has 0 spiro atoms. The minimum Gasteiger partial charge on any atom is -0.319 e. The third kappa shape index (κ3) is 4.43. The summed E-state index contributed by atoms with van der Waals surface area (Å²) >= 11 is 0. The van der Waals surface area contributed by atoms with Gasteiger partial charge in [0.1, 0.15) is 0 Å². The molecule has 1 N–H and O–H groups in total. The third-order valence-corrected chi connectivity index (χ3v) is 2.90. The van der Waals surface area contributed by atoms with Gasteiger partial charge in [-0.3, -0.25) is 0 Å². The van der Waals surface area contributed by atoms with Crippen LogP contribution in [0.3, 0.4) is 0 Å². The fourth-order valence-electron chi connectivity index (χ4n) is 2.31. The van der Waals surface area contributed by atoms with Crippen LogP contribution in [0.25, 0.3) is 0 Å². The Kier molecular flexibility index (Phi) is 4.39. The number of hydrogen-bond acceptors (Lipinski definition) is 2. The zero-order valence-corrected chi connectivity index (χ0v) is 10.3. The predicted octanol–water partition coefficient (Wildman–Crippen LogP) is 1.96. The highest BCUT2D eigenvalue weighted by Crippen LogP contribution is 2.21. The Morgan fingerprint density at radius 2 is 1.79 bits per heavy atom. The second-order valence-electron chi connectivity index (χ2n) is 5.84. The Hall–Kier alpha value is -0.0800. The number of nitrogens with one attached hydrogen (secondary N) is 1. The van der Waals surface area contributed by atoms with Gasteiger partial charge in [-0.1, -0.05) is 20.8 Å². The van der Waals surface area contributed by atoms with E-state index in [-0.39, 0.29) is 0 Å². The maximum atomic E-state index is 3.28. The maximum absolute atomic E-state index is 3.28.